The number of nitrogens with zero attached hydrogens (tertiary/aromatic N) is 4. The molecule has 150 valence electrons. The Kier molecular flexibility index (Phi) is 5.50. The van der Waals surface area contributed by atoms with Crippen molar-refractivity contribution in [2.75, 3.05) is 5.73 Å². The number of aromatic amines is 1. The summed E-state index contributed by atoms with van der Waals surface area (Å²) < 4.78 is 0. The molecule has 1 saturated carbocycles. The van der Waals surface area contributed by atoms with Crippen LogP contribution in [0, 0.1) is 11.8 Å². The number of anilines is 1. The maximum absolute atomic E-state index is 12.2. The predicted molar refractivity (Wildman–Crippen MR) is 108 cm³/mol. The van der Waals surface area contributed by atoms with E-state index >= 15 is 0 Å². The predicted octanol–water partition coefficient (Wildman–Crippen LogP) is 3.06. The number of benzene rings is 1. The number of nitrogens with one attached hydrogen (secondary N) is 1. The fourth-order valence-electron chi connectivity index (χ4n) is 4.39. The average molecular weight is 392 g/mol. The lowest BCUT2D eigenvalue weighted by Crippen LogP contribution is -2.30. The van der Waals surface area contributed by atoms with Gasteiger partial charge in [0, 0.05) is 17.7 Å². The van der Waals surface area contributed by atoms with Gasteiger partial charge in [0.2, 0.25) is 0 Å². The van der Waals surface area contributed by atoms with E-state index in [4.69, 9.17) is 5.73 Å². The number of hydrogen-bond acceptors (Lipinski definition) is 6. The van der Waals surface area contributed by atoms with Gasteiger partial charge < -0.3 is 10.8 Å². The van der Waals surface area contributed by atoms with Gasteiger partial charge >= 0.3 is 5.97 Å². The summed E-state index contributed by atoms with van der Waals surface area (Å²) in [7, 11) is 0. The summed E-state index contributed by atoms with van der Waals surface area (Å²) in [5.74, 6) is -0.516. The summed E-state index contributed by atoms with van der Waals surface area (Å²) >= 11 is 0. The molecular weight excluding hydrogens is 368 g/mol. The quantitative estimate of drug-likeness (QED) is 0.563. The lowest BCUT2D eigenvalue weighted by Gasteiger charge is -2.26. The van der Waals surface area contributed by atoms with Crippen LogP contribution in [0.4, 0.5) is 5.82 Å². The molecule has 1 aliphatic carbocycles. The smallest absolute Gasteiger partial charge is 0.307 e. The molecule has 0 bridgehead atoms. The Hall–Kier alpha value is -3.29. The fourth-order valence-corrected chi connectivity index (χ4v) is 4.39. The van der Waals surface area contributed by atoms with Crippen molar-refractivity contribution >= 4 is 11.8 Å². The molecule has 29 heavy (non-hydrogen) atoms. The van der Waals surface area contributed by atoms with Gasteiger partial charge in [0.05, 0.1) is 5.92 Å². The number of nitrogens with two attached hydrogens (primary N) is 1. The molecule has 2 atom stereocenters. The molecule has 4 rings (SSSR count). The lowest BCUT2D eigenvalue weighted by atomic mass is 9.77. The zero-order chi connectivity index (χ0) is 20.2. The average Bonchev–Trinajstić information content (AvgIpc) is 3.43. The summed E-state index contributed by atoms with van der Waals surface area (Å²) in [6.07, 6.45) is 6.33. The molecule has 2 aromatic heterocycles. The van der Waals surface area contributed by atoms with E-state index < -0.39 is 11.9 Å². The Balaban J connectivity index is 1.59. The minimum Gasteiger partial charge on any atom is -0.481 e. The van der Waals surface area contributed by atoms with Gasteiger partial charge in [0.15, 0.2) is 5.82 Å². The molecule has 1 aliphatic rings. The van der Waals surface area contributed by atoms with Crippen molar-refractivity contribution in [3.8, 4) is 11.1 Å². The minimum atomic E-state index is -0.781. The Labute approximate surface area is 168 Å². The normalized spacial score (nSPS) is 16.6. The molecule has 0 saturated heterocycles. The topological polar surface area (TPSA) is 131 Å². The second-order valence-electron chi connectivity index (χ2n) is 7.66. The number of tetrazole rings is 1. The molecule has 1 aromatic carbocycles. The minimum absolute atomic E-state index is 0.149. The van der Waals surface area contributed by atoms with E-state index in [9.17, 15) is 9.90 Å². The van der Waals surface area contributed by atoms with Crippen LogP contribution in [0.5, 0.6) is 0 Å². The van der Waals surface area contributed by atoms with Crippen molar-refractivity contribution in [1.29, 1.82) is 0 Å². The van der Waals surface area contributed by atoms with Crippen LogP contribution in [0.2, 0.25) is 0 Å². The third-order valence-corrected chi connectivity index (χ3v) is 5.85. The Bertz CT molecular complexity index is 934. The number of nitrogen functional groups attached to an aromatic ring is 1. The first kappa shape index (κ1) is 19.0. The van der Waals surface area contributed by atoms with Gasteiger partial charge in [-0.1, -0.05) is 42.3 Å². The SMILES string of the molecule is Nc1ccc(-c2ccc(C[C@H](c3nn[nH]n3)[C@@H](C(=O)O)C3CCCC3)cc2)cn1. The van der Waals surface area contributed by atoms with Crippen LogP contribution in [0.3, 0.4) is 0 Å². The van der Waals surface area contributed by atoms with Gasteiger partial charge in [-0.3, -0.25) is 4.79 Å². The van der Waals surface area contributed by atoms with Crippen LogP contribution < -0.4 is 5.73 Å². The Morgan fingerprint density at radius 3 is 2.45 bits per heavy atom. The van der Waals surface area contributed by atoms with Crippen LogP contribution in [0.15, 0.2) is 42.6 Å². The van der Waals surface area contributed by atoms with Crippen molar-refractivity contribution < 1.29 is 9.90 Å². The van der Waals surface area contributed by atoms with Crippen molar-refractivity contribution in [1.82, 2.24) is 25.6 Å². The number of rotatable bonds is 7. The largest absolute Gasteiger partial charge is 0.481 e. The molecule has 0 aliphatic heterocycles. The standard InChI is InChI=1S/C21H24N6O2/c22-18-10-9-16(12-23-18)14-7-5-13(6-8-14)11-17(20-24-26-27-25-20)19(21(28)29)15-3-1-2-4-15/h5-10,12,15,17,19H,1-4,11H2,(H2,22,23)(H,28,29)(H,24,25,26,27)/t17-,19-/m0/s1. The third kappa shape index (κ3) is 4.26. The summed E-state index contributed by atoms with van der Waals surface area (Å²) in [6.45, 7) is 0. The first-order chi connectivity index (χ1) is 14.1. The Morgan fingerprint density at radius 2 is 1.86 bits per heavy atom. The molecule has 0 amide bonds. The summed E-state index contributed by atoms with van der Waals surface area (Å²) in [4.78, 5) is 16.3. The highest BCUT2D eigenvalue weighted by Gasteiger charge is 2.39. The molecule has 0 spiro atoms. The molecule has 8 heteroatoms. The molecule has 3 aromatic rings. The molecule has 8 nitrogen and oxygen atoms in total. The van der Waals surface area contributed by atoms with Crippen molar-refractivity contribution in [3.05, 3.63) is 54.0 Å². The maximum Gasteiger partial charge on any atom is 0.307 e. The van der Waals surface area contributed by atoms with Crippen molar-refractivity contribution in [3.63, 3.8) is 0 Å². The first-order valence-electron chi connectivity index (χ1n) is 9.89. The van der Waals surface area contributed by atoms with E-state index in [-0.39, 0.29) is 11.8 Å². The van der Waals surface area contributed by atoms with Gasteiger partial charge in [-0.2, -0.15) is 5.21 Å². The van der Waals surface area contributed by atoms with Crippen LogP contribution in [0.1, 0.15) is 43.0 Å². The zero-order valence-electron chi connectivity index (χ0n) is 16.0. The molecule has 4 N–H and O–H groups in total. The number of aliphatic carboxylic acids is 1. The van der Waals surface area contributed by atoms with E-state index in [2.05, 4.69) is 25.6 Å². The number of hydrogen-bond donors (Lipinski definition) is 3. The number of carboxylic acid groups (broad SMARTS) is 1. The van der Waals surface area contributed by atoms with Crippen molar-refractivity contribution in [2.45, 2.75) is 38.0 Å². The lowest BCUT2D eigenvalue weighted by molar-refractivity contribution is -0.144. The highest BCUT2D eigenvalue weighted by atomic mass is 16.4. The van der Waals surface area contributed by atoms with Gasteiger partial charge in [-0.05, 0) is 48.4 Å². The Morgan fingerprint density at radius 1 is 1.14 bits per heavy atom. The van der Waals surface area contributed by atoms with Crippen LogP contribution in [-0.2, 0) is 11.2 Å². The first-order valence-corrected chi connectivity index (χ1v) is 9.89. The number of carboxylic acids is 1. The molecule has 0 unspecified atom stereocenters. The third-order valence-electron chi connectivity index (χ3n) is 5.85. The van der Waals surface area contributed by atoms with E-state index in [1.165, 1.54) is 0 Å². The highest BCUT2D eigenvalue weighted by Crippen LogP contribution is 2.40. The van der Waals surface area contributed by atoms with Crippen LogP contribution in [0.25, 0.3) is 11.1 Å². The van der Waals surface area contributed by atoms with Gasteiger partial charge in [0.1, 0.15) is 5.82 Å². The number of carbonyl (C=O) groups is 1. The number of H-pyrrole nitrogens is 1. The molecule has 0 radical (unpaired) electrons. The van der Waals surface area contributed by atoms with Crippen LogP contribution >= 0.6 is 0 Å². The second kappa shape index (κ2) is 8.38. The molecular formula is C21H24N6O2. The van der Waals surface area contributed by atoms with Gasteiger partial charge in [0.25, 0.3) is 0 Å². The van der Waals surface area contributed by atoms with Crippen molar-refractivity contribution in [2.24, 2.45) is 11.8 Å². The monoisotopic (exact) mass is 392 g/mol. The number of pyridine rings is 1. The summed E-state index contributed by atoms with van der Waals surface area (Å²) in [5.41, 5.74) is 8.71. The zero-order valence-corrected chi connectivity index (χ0v) is 16.0. The van der Waals surface area contributed by atoms with E-state index in [0.717, 1.165) is 42.4 Å². The van der Waals surface area contributed by atoms with E-state index in [1.807, 2.05) is 30.3 Å². The molecule has 1 fully saturated rings. The van der Waals surface area contributed by atoms with E-state index in [1.54, 1.807) is 12.3 Å². The molecule has 2 heterocycles. The van der Waals surface area contributed by atoms with Gasteiger partial charge in [-0.15, -0.1) is 10.2 Å². The highest BCUT2D eigenvalue weighted by molar-refractivity contribution is 5.72. The second-order valence-corrected chi connectivity index (χ2v) is 7.66. The van der Waals surface area contributed by atoms with Gasteiger partial charge in [-0.25, -0.2) is 4.98 Å². The number of aromatic nitrogens is 5. The van der Waals surface area contributed by atoms with Crippen LogP contribution in [-0.4, -0.2) is 36.7 Å². The van der Waals surface area contributed by atoms with E-state index in [0.29, 0.717) is 18.1 Å². The fraction of sp³-hybridized carbons (Fsp3) is 0.381. The maximum atomic E-state index is 12.2. The summed E-state index contributed by atoms with van der Waals surface area (Å²) in [6, 6.07) is 11.8. The summed E-state index contributed by atoms with van der Waals surface area (Å²) in [5, 5.41) is 24.4.